The number of carbonyl (C=O) groups is 2. The number of thiophene rings is 1. The molecule has 0 saturated heterocycles. The third-order valence-corrected chi connectivity index (χ3v) is 6.96. The molecule has 0 radical (unpaired) electrons. The van der Waals surface area contributed by atoms with Gasteiger partial charge in [0.2, 0.25) is 11.8 Å². The minimum Gasteiger partial charge on any atom is -0.462 e. The van der Waals surface area contributed by atoms with E-state index in [0.29, 0.717) is 23.1 Å². The first-order valence-corrected chi connectivity index (χ1v) is 11.6. The minimum absolute atomic E-state index is 0.0591. The number of thiazole rings is 2. The van der Waals surface area contributed by atoms with Crippen LogP contribution >= 0.6 is 34.0 Å². The van der Waals surface area contributed by atoms with Gasteiger partial charge in [0.25, 0.3) is 0 Å². The van der Waals surface area contributed by atoms with Gasteiger partial charge in [-0.3, -0.25) is 9.59 Å². The molecule has 154 valence electrons. The molecule has 30 heavy (non-hydrogen) atoms. The molecule has 0 spiro atoms. The van der Waals surface area contributed by atoms with Crippen LogP contribution in [-0.4, -0.2) is 21.8 Å². The van der Waals surface area contributed by atoms with Crippen LogP contribution in [0.15, 0.2) is 40.3 Å². The zero-order chi connectivity index (χ0) is 21.1. The number of carbonyl (C=O) groups excluding carboxylic acids is 2. The normalized spacial score (nSPS) is 10.9. The molecular weight excluding hydrogens is 440 g/mol. The van der Waals surface area contributed by atoms with E-state index in [-0.39, 0.29) is 18.2 Å². The van der Waals surface area contributed by atoms with Crippen molar-refractivity contribution < 1.29 is 14.0 Å². The maximum Gasteiger partial charge on any atom is 0.232 e. The topological polar surface area (TPSA) is 97.1 Å². The van der Waals surface area contributed by atoms with E-state index in [1.54, 1.807) is 17.6 Å². The van der Waals surface area contributed by atoms with Crippen molar-refractivity contribution in [2.24, 2.45) is 0 Å². The number of hydrogen-bond acceptors (Lipinski definition) is 8. The van der Waals surface area contributed by atoms with Gasteiger partial charge in [-0.25, -0.2) is 9.97 Å². The number of hydrogen-bond donors (Lipinski definition) is 2. The molecule has 2 amide bonds. The molecule has 0 atom stereocenters. The zero-order valence-electron chi connectivity index (χ0n) is 16.2. The first-order valence-electron chi connectivity index (χ1n) is 9.07. The summed E-state index contributed by atoms with van der Waals surface area (Å²) in [5, 5.41) is 8.83. The van der Waals surface area contributed by atoms with Crippen LogP contribution in [0.3, 0.4) is 0 Å². The van der Waals surface area contributed by atoms with Crippen molar-refractivity contribution >= 4 is 51.0 Å². The fourth-order valence-corrected chi connectivity index (χ4v) is 5.41. The molecule has 0 unspecified atom stereocenters. The lowest BCUT2D eigenvalue weighted by atomic mass is 10.3. The lowest BCUT2D eigenvalue weighted by Gasteiger charge is -1.99. The van der Waals surface area contributed by atoms with Gasteiger partial charge in [-0.2, -0.15) is 0 Å². The second kappa shape index (κ2) is 8.90. The molecule has 0 fully saturated rings. The summed E-state index contributed by atoms with van der Waals surface area (Å²) in [5.74, 6) is 0.473. The van der Waals surface area contributed by atoms with Gasteiger partial charge >= 0.3 is 0 Å². The molecule has 4 heterocycles. The Labute approximate surface area is 184 Å². The third-order valence-electron chi connectivity index (χ3n) is 4.07. The van der Waals surface area contributed by atoms with Crippen LogP contribution in [0.1, 0.15) is 22.4 Å². The number of aromatic nitrogens is 2. The molecule has 4 rings (SSSR count). The van der Waals surface area contributed by atoms with E-state index in [2.05, 4.69) is 20.6 Å². The molecule has 0 aliphatic heterocycles. The molecule has 4 aromatic heterocycles. The van der Waals surface area contributed by atoms with E-state index >= 15 is 0 Å². The molecule has 4 aromatic rings. The number of anilines is 1. The monoisotopic (exact) mass is 458 g/mol. The van der Waals surface area contributed by atoms with E-state index < -0.39 is 0 Å². The summed E-state index contributed by atoms with van der Waals surface area (Å²) in [4.78, 5) is 35.7. The molecule has 7 nitrogen and oxygen atoms in total. The van der Waals surface area contributed by atoms with Gasteiger partial charge in [0, 0.05) is 22.1 Å². The summed E-state index contributed by atoms with van der Waals surface area (Å²) >= 11 is 4.46. The standard InChI is InChI=1S/C20H18N4O3S3/c1-11-18(16-6-5-14(30-16)9-21-12(2)25)24-20(29-11)23-17(26)8-13-10-28-19(22-13)15-4-3-7-27-15/h3-7,10H,8-9H2,1-2H3,(H,21,25)(H,23,24,26). The van der Waals surface area contributed by atoms with Gasteiger partial charge in [0.15, 0.2) is 15.9 Å². The Kier molecular flexibility index (Phi) is 6.07. The van der Waals surface area contributed by atoms with E-state index in [4.69, 9.17) is 4.42 Å². The van der Waals surface area contributed by atoms with Crippen LogP contribution in [0, 0.1) is 6.92 Å². The average molecular weight is 459 g/mol. The van der Waals surface area contributed by atoms with Crippen LogP contribution in [0.4, 0.5) is 5.13 Å². The maximum absolute atomic E-state index is 12.4. The summed E-state index contributed by atoms with van der Waals surface area (Å²) in [6.07, 6.45) is 1.77. The maximum atomic E-state index is 12.4. The number of furan rings is 1. The number of nitrogens with zero attached hydrogens (tertiary/aromatic N) is 2. The van der Waals surface area contributed by atoms with Gasteiger partial charge in [0.1, 0.15) is 0 Å². The Balaban J connectivity index is 1.40. The summed E-state index contributed by atoms with van der Waals surface area (Å²) < 4.78 is 5.34. The zero-order valence-corrected chi connectivity index (χ0v) is 18.7. The van der Waals surface area contributed by atoms with Crippen molar-refractivity contribution in [3.05, 3.63) is 51.4 Å². The number of aryl methyl sites for hydroxylation is 1. The molecule has 0 aliphatic carbocycles. The largest absolute Gasteiger partial charge is 0.462 e. The van der Waals surface area contributed by atoms with Gasteiger partial charge < -0.3 is 15.1 Å². The summed E-state index contributed by atoms with van der Waals surface area (Å²) in [6.45, 7) is 3.98. The third kappa shape index (κ3) is 4.84. The van der Waals surface area contributed by atoms with Gasteiger partial charge in [0.05, 0.1) is 35.5 Å². The Morgan fingerprint density at radius 3 is 2.80 bits per heavy atom. The van der Waals surface area contributed by atoms with Crippen molar-refractivity contribution in [3.8, 4) is 21.3 Å². The van der Waals surface area contributed by atoms with Crippen LogP contribution in [0.25, 0.3) is 21.3 Å². The van der Waals surface area contributed by atoms with E-state index in [1.807, 2.05) is 36.6 Å². The van der Waals surface area contributed by atoms with Crippen LogP contribution in [0.2, 0.25) is 0 Å². The molecule has 0 aromatic carbocycles. The number of rotatable bonds is 7. The lowest BCUT2D eigenvalue weighted by molar-refractivity contribution is -0.119. The van der Waals surface area contributed by atoms with Crippen LogP contribution in [-0.2, 0) is 22.6 Å². The first kappa shape index (κ1) is 20.5. The van der Waals surface area contributed by atoms with Crippen molar-refractivity contribution in [2.45, 2.75) is 26.8 Å². The molecule has 2 N–H and O–H groups in total. The minimum atomic E-state index is -0.163. The van der Waals surface area contributed by atoms with E-state index in [9.17, 15) is 9.59 Å². The molecule has 0 bridgehead atoms. The lowest BCUT2D eigenvalue weighted by Crippen LogP contribution is -2.17. The predicted molar refractivity (Wildman–Crippen MR) is 120 cm³/mol. The highest BCUT2D eigenvalue weighted by Crippen LogP contribution is 2.34. The highest BCUT2D eigenvalue weighted by molar-refractivity contribution is 7.18. The van der Waals surface area contributed by atoms with Gasteiger partial charge in [-0.1, -0.05) is 0 Å². The smallest absolute Gasteiger partial charge is 0.232 e. The summed E-state index contributed by atoms with van der Waals surface area (Å²) in [6, 6.07) is 7.61. The number of amides is 2. The van der Waals surface area contributed by atoms with Crippen LogP contribution in [0.5, 0.6) is 0 Å². The molecule has 10 heteroatoms. The van der Waals surface area contributed by atoms with Crippen molar-refractivity contribution in [1.82, 2.24) is 15.3 Å². The average Bonchev–Trinajstić information content (AvgIpc) is 3.47. The van der Waals surface area contributed by atoms with Gasteiger partial charge in [-0.15, -0.1) is 34.0 Å². The fraction of sp³-hybridized carbons (Fsp3) is 0.200. The van der Waals surface area contributed by atoms with Crippen LogP contribution < -0.4 is 10.6 Å². The predicted octanol–water partition coefficient (Wildman–Crippen LogP) is 4.71. The van der Waals surface area contributed by atoms with Crippen molar-refractivity contribution in [2.75, 3.05) is 5.32 Å². The van der Waals surface area contributed by atoms with Crippen molar-refractivity contribution in [1.29, 1.82) is 0 Å². The Morgan fingerprint density at radius 1 is 1.17 bits per heavy atom. The molecular formula is C20H18N4O3S3. The van der Waals surface area contributed by atoms with Crippen molar-refractivity contribution in [3.63, 3.8) is 0 Å². The van der Waals surface area contributed by atoms with E-state index in [0.717, 1.165) is 25.3 Å². The highest BCUT2D eigenvalue weighted by Gasteiger charge is 2.16. The Hall–Kier alpha value is -2.82. The summed E-state index contributed by atoms with van der Waals surface area (Å²) in [5.41, 5.74) is 1.54. The quantitative estimate of drug-likeness (QED) is 0.418. The highest BCUT2D eigenvalue weighted by atomic mass is 32.1. The first-order chi connectivity index (χ1) is 14.5. The summed E-state index contributed by atoms with van der Waals surface area (Å²) in [7, 11) is 0. The SMILES string of the molecule is CC(=O)NCc1ccc(-c2nc(NC(=O)Cc3csc(-c4ccco4)n3)sc2C)s1. The molecule has 0 saturated carbocycles. The second-order valence-electron chi connectivity index (χ2n) is 6.45. The van der Waals surface area contributed by atoms with E-state index in [1.165, 1.54) is 29.6 Å². The number of nitrogens with one attached hydrogen (secondary N) is 2. The van der Waals surface area contributed by atoms with Gasteiger partial charge in [-0.05, 0) is 31.2 Å². The Bertz CT molecular complexity index is 1170. The Morgan fingerprint density at radius 2 is 2.03 bits per heavy atom. The molecule has 0 aliphatic rings. The fourth-order valence-electron chi connectivity index (χ4n) is 2.72. The second-order valence-corrected chi connectivity index (χ2v) is 9.68.